The van der Waals surface area contributed by atoms with Gasteiger partial charge in [-0.15, -0.1) is 0 Å². The van der Waals surface area contributed by atoms with Crippen LogP contribution < -0.4 is 0 Å². The third-order valence-electron chi connectivity index (χ3n) is 3.47. The molecule has 0 radical (unpaired) electrons. The number of rotatable bonds is 0. The van der Waals surface area contributed by atoms with E-state index in [2.05, 4.69) is 12.1 Å². The van der Waals surface area contributed by atoms with Crippen molar-refractivity contribution in [2.45, 2.75) is 71.1 Å². The van der Waals surface area contributed by atoms with Gasteiger partial charge in [-0.2, -0.15) is 0 Å². The SMILES string of the molecule is CC1CCCCC1.ON=C1CCCCC1. The van der Waals surface area contributed by atoms with Crippen molar-refractivity contribution in [3.63, 3.8) is 0 Å². The van der Waals surface area contributed by atoms with Gasteiger partial charge in [0.05, 0.1) is 5.71 Å². The van der Waals surface area contributed by atoms with Crippen molar-refractivity contribution in [2.24, 2.45) is 11.1 Å². The predicted molar refractivity (Wildman–Crippen MR) is 64.6 cm³/mol. The number of oxime groups is 1. The van der Waals surface area contributed by atoms with Gasteiger partial charge in [0.1, 0.15) is 0 Å². The smallest absolute Gasteiger partial charge is 0.0570 e. The number of hydrogen-bond donors (Lipinski definition) is 1. The number of hydrogen-bond acceptors (Lipinski definition) is 2. The summed E-state index contributed by atoms with van der Waals surface area (Å²) >= 11 is 0. The van der Waals surface area contributed by atoms with Crippen molar-refractivity contribution in [1.29, 1.82) is 0 Å². The fourth-order valence-electron chi connectivity index (χ4n) is 2.37. The van der Waals surface area contributed by atoms with Crippen molar-refractivity contribution in [1.82, 2.24) is 0 Å². The van der Waals surface area contributed by atoms with Crippen LogP contribution in [0.1, 0.15) is 71.1 Å². The Morgan fingerprint density at radius 2 is 1.47 bits per heavy atom. The maximum absolute atomic E-state index is 8.28. The standard InChI is InChI=1S/C7H14.C6H11NO/c1-7-5-3-2-4-6-7;8-7-6-4-2-1-3-5-6/h7H,2-6H2,1H3;8H,1-5H2. The lowest BCUT2D eigenvalue weighted by atomic mass is 9.91. The van der Waals surface area contributed by atoms with Crippen LogP contribution in [0.25, 0.3) is 0 Å². The van der Waals surface area contributed by atoms with Crippen LogP contribution in [0.3, 0.4) is 0 Å². The summed E-state index contributed by atoms with van der Waals surface area (Å²) in [6.45, 7) is 2.36. The molecule has 2 fully saturated rings. The molecular weight excluding hydrogens is 186 g/mol. The highest BCUT2D eigenvalue weighted by Gasteiger charge is 2.06. The minimum atomic E-state index is 0.983. The number of nitrogens with zero attached hydrogens (tertiary/aromatic N) is 1. The Kier molecular flexibility index (Phi) is 6.45. The average Bonchev–Trinajstić information content (AvgIpc) is 2.32. The fourth-order valence-corrected chi connectivity index (χ4v) is 2.37. The molecule has 0 amide bonds. The van der Waals surface area contributed by atoms with Crippen molar-refractivity contribution >= 4 is 5.71 Å². The van der Waals surface area contributed by atoms with Gasteiger partial charge in [-0.1, -0.05) is 50.6 Å². The summed E-state index contributed by atoms with van der Waals surface area (Å²) in [6.07, 6.45) is 13.2. The van der Waals surface area contributed by atoms with Crippen LogP contribution in [-0.2, 0) is 0 Å². The van der Waals surface area contributed by atoms with Crippen molar-refractivity contribution in [3.8, 4) is 0 Å². The first-order valence-corrected chi connectivity index (χ1v) is 6.52. The van der Waals surface area contributed by atoms with Crippen molar-refractivity contribution < 1.29 is 5.21 Å². The largest absolute Gasteiger partial charge is 0.411 e. The Bertz CT molecular complexity index is 175. The summed E-state index contributed by atoms with van der Waals surface area (Å²) in [5.41, 5.74) is 0.983. The Balaban J connectivity index is 0.000000151. The van der Waals surface area contributed by atoms with Gasteiger partial charge in [-0.3, -0.25) is 0 Å². The molecule has 0 aliphatic heterocycles. The van der Waals surface area contributed by atoms with Crippen molar-refractivity contribution in [3.05, 3.63) is 0 Å². The molecule has 2 aliphatic rings. The average molecular weight is 211 g/mol. The Hall–Kier alpha value is -0.530. The molecule has 2 nitrogen and oxygen atoms in total. The molecule has 88 valence electrons. The minimum Gasteiger partial charge on any atom is -0.411 e. The molecule has 0 atom stereocenters. The first-order chi connectivity index (χ1) is 7.33. The van der Waals surface area contributed by atoms with Crippen LogP contribution in [0.15, 0.2) is 5.16 Å². The Labute approximate surface area is 93.8 Å². The van der Waals surface area contributed by atoms with Crippen molar-refractivity contribution in [2.75, 3.05) is 0 Å². The summed E-state index contributed by atoms with van der Waals surface area (Å²) in [5, 5.41) is 11.4. The molecule has 0 saturated heterocycles. The van der Waals surface area contributed by atoms with E-state index in [-0.39, 0.29) is 0 Å². The molecule has 0 heterocycles. The van der Waals surface area contributed by atoms with E-state index in [1.54, 1.807) is 0 Å². The van der Waals surface area contributed by atoms with Crippen LogP contribution in [-0.4, -0.2) is 10.9 Å². The molecule has 2 aliphatic carbocycles. The van der Waals surface area contributed by atoms with E-state index in [4.69, 9.17) is 5.21 Å². The van der Waals surface area contributed by atoms with Crippen LogP contribution >= 0.6 is 0 Å². The van der Waals surface area contributed by atoms with Gasteiger partial charge in [0.25, 0.3) is 0 Å². The molecule has 0 bridgehead atoms. The zero-order chi connectivity index (χ0) is 10.9. The van der Waals surface area contributed by atoms with E-state index in [1.165, 1.54) is 51.4 Å². The highest BCUT2D eigenvalue weighted by Crippen LogP contribution is 2.22. The minimum absolute atomic E-state index is 0.983. The zero-order valence-corrected chi connectivity index (χ0v) is 10.0. The van der Waals surface area contributed by atoms with E-state index < -0.39 is 0 Å². The molecule has 0 aromatic rings. The van der Waals surface area contributed by atoms with Gasteiger partial charge in [0, 0.05) is 0 Å². The van der Waals surface area contributed by atoms with E-state index in [1.807, 2.05) is 0 Å². The molecule has 2 heteroatoms. The third kappa shape index (κ3) is 5.81. The van der Waals surface area contributed by atoms with Crippen LogP contribution in [0.4, 0.5) is 0 Å². The van der Waals surface area contributed by atoms with E-state index in [0.717, 1.165) is 24.5 Å². The van der Waals surface area contributed by atoms with Crippen LogP contribution in [0, 0.1) is 5.92 Å². The lowest BCUT2D eigenvalue weighted by Crippen LogP contribution is -2.03. The van der Waals surface area contributed by atoms with E-state index >= 15 is 0 Å². The van der Waals surface area contributed by atoms with E-state index in [0.29, 0.717) is 0 Å². The second-order valence-corrected chi connectivity index (χ2v) is 4.97. The zero-order valence-electron chi connectivity index (χ0n) is 10.0. The maximum Gasteiger partial charge on any atom is 0.0570 e. The van der Waals surface area contributed by atoms with Gasteiger partial charge >= 0.3 is 0 Å². The topological polar surface area (TPSA) is 32.6 Å². The normalized spacial score (nSPS) is 22.9. The monoisotopic (exact) mass is 211 g/mol. The summed E-state index contributed by atoms with van der Waals surface area (Å²) in [5.74, 6) is 1.04. The highest BCUT2D eigenvalue weighted by atomic mass is 16.4. The maximum atomic E-state index is 8.28. The Morgan fingerprint density at radius 3 is 1.80 bits per heavy atom. The summed E-state index contributed by atoms with van der Waals surface area (Å²) < 4.78 is 0. The lowest BCUT2D eigenvalue weighted by Gasteiger charge is -2.15. The quantitative estimate of drug-likeness (QED) is 0.468. The van der Waals surface area contributed by atoms with Crippen LogP contribution in [0.5, 0.6) is 0 Å². The first kappa shape index (κ1) is 12.5. The van der Waals surface area contributed by atoms with E-state index in [9.17, 15) is 0 Å². The second-order valence-electron chi connectivity index (χ2n) is 4.97. The molecular formula is C13H25NO. The molecule has 0 spiro atoms. The molecule has 0 aromatic carbocycles. The molecule has 0 unspecified atom stereocenters. The molecule has 2 saturated carbocycles. The summed E-state index contributed by atoms with van der Waals surface area (Å²) in [6, 6.07) is 0. The summed E-state index contributed by atoms with van der Waals surface area (Å²) in [7, 11) is 0. The molecule has 1 N–H and O–H groups in total. The molecule has 2 rings (SSSR count). The van der Waals surface area contributed by atoms with Crippen LogP contribution in [0.2, 0.25) is 0 Å². The van der Waals surface area contributed by atoms with Gasteiger partial charge < -0.3 is 5.21 Å². The fraction of sp³-hybridized carbons (Fsp3) is 0.923. The molecule has 15 heavy (non-hydrogen) atoms. The second kappa shape index (κ2) is 7.72. The third-order valence-corrected chi connectivity index (χ3v) is 3.47. The Morgan fingerprint density at radius 1 is 0.933 bits per heavy atom. The van der Waals surface area contributed by atoms with Gasteiger partial charge in [0.15, 0.2) is 0 Å². The predicted octanol–water partition coefficient (Wildman–Crippen LogP) is 4.37. The lowest BCUT2D eigenvalue weighted by molar-refractivity contribution is 0.314. The molecule has 0 aromatic heterocycles. The van der Waals surface area contributed by atoms with Gasteiger partial charge in [0.2, 0.25) is 0 Å². The highest BCUT2D eigenvalue weighted by molar-refractivity contribution is 5.84. The van der Waals surface area contributed by atoms with Gasteiger partial charge in [-0.25, -0.2) is 0 Å². The summed E-state index contributed by atoms with van der Waals surface area (Å²) in [4.78, 5) is 0. The van der Waals surface area contributed by atoms with Gasteiger partial charge in [-0.05, 0) is 31.6 Å². The first-order valence-electron chi connectivity index (χ1n) is 6.52.